The average molecular weight is 383 g/mol. The van der Waals surface area contributed by atoms with Crippen molar-refractivity contribution in [3.63, 3.8) is 0 Å². The van der Waals surface area contributed by atoms with Gasteiger partial charge < -0.3 is 15.2 Å². The first kappa shape index (κ1) is 21.3. The van der Waals surface area contributed by atoms with Gasteiger partial charge in [0.1, 0.15) is 11.9 Å². The van der Waals surface area contributed by atoms with Crippen molar-refractivity contribution in [1.29, 1.82) is 0 Å². The lowest BCUT2D eigenvalue weighted by molar-refractivity contribution is -0.170. The fraction of sp³-hybridized carbons (Fsp3) is 0.318. The molecule has 0 bridgehead atoms. The van der Waals surface area contributed by atoms with E-state index in [0.717, 1.165) is 17.4 Å². The fourth-order valence-corrected chi connectivity index (χ4v) is 2.71. The molecule has 0 radical (unpaired) electrons. The lowest BCUT2D eigenvalue weighted by Crippen LogP contribution is -2.59. The van der Waals surface area contributed by atoms with Crippen molar-refractivity contribution in [2.75, 3.05) is 7.11 Å². The van der Waals surface area contributed by atoms with Gasteiger partial charge in [-0.15, -0.1) is 0 Å². The van der Waals surface area contributed by atoms with E-state index in [1.165, 1.54) is 7.11 Å². The maximum atomic E-state index is 12.6. The topological polar surface area (TPSA) is 95.7 Å². The molecule has 0 aliphatic rings. The van der Waals surface area contributed by atoms with Gasteiger partial charge in [0.05, 0.1) is 7.11 Å². The molecular formula is C22H25NO5. The van der Waals surface area contributed by atoms with Gasteiger partial charge in [-0.1, -0.05) is 42.5 Å². The number of ether oxygens (including phenoxy) is 2. The Bertz CT molecular complexity index is 867. The van der Waals surface area contributed by atoms with Crippen LogP contribution in [0.5, 0.6) is 0 Å². The van der Waals surface area contributed by atoms with Crippen LogP contribution in [0, 0.1) is 0 Å². The maximum Gasteiger partial charge on any atom is 0.338 e. The van der Waals surface area contributed by atoms with E-state index in [1.807, 2.05) is 18.2 Å². The highest BCUT2D eigenvalue weighted by atomic mass is 16.6. The molecule has 0 amide bonds. The van der Waals surface area contributed by atoms with Gasteiger partial charge in [0.2, 0.25) is 5.54 Å². The first-order valence-corrected chi connectivity index (χ1v) is 8.84. The van der Waals surface area contributed by atoms with Crippen molar-refractivity contribution in [3.8, 4) is 11.1 Å². The molecule has 0 aliphatic heterocycles. The molecular weight excluding hydrogens is 358 g/mol. The summed E-state index contributed by atoms with van der Waals surface area (Å²) < 4.78 is 10.1. The Morgan fingerprint density at radius 1 is 1.00 bits per heavy atom. The van der Waals surface area contributed by atoms with Gasteiger partial charge in [-0.05, 0) is 43.5 Å². The number of benzene rings is 2. The summed E-state index contributed by atoms with van der Waals surface area (Å²) in [6.07, 6.45) is 0.723. The van der Waals surface area contributed by atoms with E-state index in [0.29, 0.717) is 11.1 Å². The minimum atomic E-state index is -1.94. The van der Waals surface area contributed by atoms with Crippen molar-refractivity contribution in [1.82, 2.24) is 0 Å². The van der Waals surface area contributed by atoms with Crippen LogP contribution in [0.1, 0.15) is 36.7 Å². The standard InChI is InChI=1S/C22H25NO5/c1-21(2,3)28-20(26)22(23,19(25)27-4)13-15-8-10-17(11-9-15)18-7-5-6-16(12-18)14-24/h5-12,14H,13,23H2,1-4H3/t22-/m1/s1. The molecule has 0 spiro atoms. The highest BCUT2D eigenvalue weighted by molar-refractivity contribution is 6.05. The van der Waals surface area contributed by atoms with Gasteiger partial charge in [0.25, 0.3) is 0 Å². The van der Waals surface area contributed by atoms with Crippen LogP contribution in [-0.2, 0) is 25.5 Å². The molecule has 148 valence electrons. The normalized spacial score (nSPS) is 13.3. The van der Waals surface area contributed by atoms with Gasteiger partial charge in [0.15, 0.2) is 0 Å². The van der Waals surface area contributed by atoms with Crippen molar-refractivity contribution >= 4 is 18.2 Å². The van der Waals surface area contributed by atoms with Crippen LogP contribution in [0.25, 0.3) is 11.1 Å². The molecule has 0 fully saturated rings. The van der Waals surface area contributed by atoms with Gasteiger partial charge in [-0.3, -0.25) is 4.79 Å². The van der Waals surface area contributed by atoms with E-state index in [-0.39, 0.29) is 6.42 Å². The number of esters is 2. The van der Waals surface area contributed by atoms with Crippen LogP contribution >= 0.6 is 0 Å². The third-order valence-corrected chi connectivity index (χ3v) is 4.11. The predicted molar refractivity (Wildman–Crippen MR) is 106 cm³/mol. The van der Waals surface area contributed by atoms with Crippen molar-refractivity contribution in [2.24, 2.45) is 5.73 Å². The second-order valence-corrected chi connectivity index (χ2v) is 7.58. The Labute approximate surface area is 164 Å². The van der Waals surface area contributed by atoms with E-state index in [2.05, 4.69) is 0 Å². The smallest absolute Gasteiger partial charge is 0.338 e. The number of nitrogens with two attached hydrogens (primary N) is 1. The second kappa shape index (κ2) is 8.35. The van der Waals surface area contributed by atoms with Crippen molar-refractivity contribution in [2.45, 2.75) is 38.3 Å². The fourth-order valence-electron chi connectivity index (χ4n) is 2.71. The number of carbonyl (C=O) groups is 3. The Morgan fingerprint density at radius 3 is 2.18 bits per heavy atom. The number of carbonyl (C=O) groups excluding carboxylic acids is 3. The van der Waals surface area contributed by atoms with Gasteiger partial charge >= 0.3 is 11.9 Å². The molecule has 2 aromatic carbocycles. The summed E-state index contributed by atoms with van der Waals surface area (Å²) in [5, 5.41) is 0. The molecule has 0 aromatic heterocycles. The van der Waals surface area contributed by atoms with Crippen LogP contribution in [0.3, 0.4) is 0 Å². The summed E-state index contributed by atoms with van der Waals surface area (Å²) in [6.45, 7) is 5.10. The van der Waals surface area contributed by atoms with Gasteiger partial charge in [-0.2, -0.15) is 0 Å². The van der Waals surface area contributed by atoms with Crippen LogP contribution in [-0.4, -0.2) is 36.5 Å². The number of hydrogen-bond acceptors (Lipinski definition) is 6. The molecule has 6 nitrogen and oxygen atoms in total. The number of aldehydes is 1. The Morgan fingerprint density at radius 2 is 1.64 bits per heavy atom. The highest BCUT2D eigenvalue weighted by Gasteiger charge is 2.46. The molecule has 2 rings (SSSR count). The zero-order valence-corrected chi connectivity index (χ0v) is 16.5. The number of rotatable bonds is 6. The Hall–Kier alpha value is -2.99. The highest BCUT2D eigenvalue weighted by Crippen LogP contribution is 2.23. The summed E-state index contributed by atoms with van der Waals surface area (Å²) in [5.74, 6) is -1.70. The molecule has 2 aromatic rings. The molecule has 0 heterocycles. The van der Waals surface area contributed by atoms with Gasteiger partial charge in [-0.25, -0.2) is 9.59 Å². The van der Waals surface area contributed by atoms with Crippen molar-refractivity contribution in [3.05, 3.63) is 59.7 Å². The largest absolute Gasteiger partial charge is 0.467 e. The lowest BCUT2D eigenvalue weighted by Gasteiger charge is -2.29. The molecule has 0 aliphatic carbocycles. The summed E-state index contributed by atoms with van der Waals surface area (Å²) >= 11 is 0. The summed E-state index contributed by atoms with van der Waals surface area (Å²) in [4.78, 5) is 35.8. The molecule has 0 saturated carbocycles. The molecule has 0 unspecified atom stereocenters. The summed E-state index contributed by atoms with van der Waals surface area (Å²) in [6, 6.07) is 14.4. The van der Waals surface area contributed by atoms with E-state index in [9.17, 15) is 14.4 Å². The zero-order chi connectivity index (χ0) is 20.9. The molecule has 0 saturated heterocycles. The van der Waals surface area contributed by atoms with Gasteiger partial charge in [0, 0.05) is 12.0 Å². The van der Waals surface area contributed by atoms with E-state index in [1.54, 1.807) is 51.1 Å². The molecule has 2 N–H and O–H groups in total. The van der Waals surface area contributed by atoms with Crippen LogP contribution < -0.4 is 5.73 Å². The van der Waals surface area contributed by atoms with Crippen LogP contribution in [0.2, 0.25) is 0 Å². The SMILES string of the molecule is COC(=O)[C@](N)(Cc1ccc(-c2cccc(C=O)c2)cc1)C(=O)OC(C)(C)C. The third-order valence-electron chi connectivity index (χ3n) is 4.11. The first-order chi connectivity index (χ1) is 13.1. The lowest BCUT2D eigenvalue weighted by atomic mass is 9.90. The first-order valence-electron chi connectivity index (χ1n) is 8.84. The molecule has 28 heavy (non-hydrogen) atoms. The maximum absolute atomic E-state index is 12.6. The molecule has 1 atom stereocenters. The third kappa shape index (κ3) is 5.04. The Kier molecular flexibility index (Phi) is 6.36. The Balaban J connectivity index is 2.28. The van der Waals surface area contributed by atoms with Crippen molar-refractivity contribution < 1.29 is 23.9 Å². The minimum Gasteiger partial charge on any atom is -0.467 e. The summed E-state index contributed by atoms with van der Waals surface area (Å²) in [5.41, 5.74) is 6.44. The van der Waals surface area contributed by atoms with Crippen LogP contribution in [0.4, 0.5) is 0 Å². The molecule has 6 heteroatoms. The van der Waals surface area contributed by atoms with Crippen LogP contribution in [0.15, 0.2) is 48.5 Å². The second-order valence-electron chi connectivity index (χ2n) is 7.58. The van der Waals surface area contributed by atoms with E-state index >= 15 is 0 Å². The quantitative estimate of drug-likeness (QED) is 0.468. The summed E-state index contributed by atoms with van der Waals surface area (Å²) in [7, 11) is 1.18. The number of hydrogen-bond donors (Lipinski definition) is 1. The monoisotopic (exact) mass is 383 g/mol. The van der Waals surface area contributed by atoms with E-state index < -0.39 is 23.1 Å². The van der Waals surface area contributed by atoms with E-state index in [4.69, 9.17) is 15.2 Å². The number of methoxy groups -OCH3 is 1. The average Bonchev–Trinajstić information content (AvgIpc) is 2.66. The zero-order valence-electron chi connectivity index (χ0n) is 16.5. The predicted octanol–water partition coefficient (Wildman–Crippen LogP) is 2.92. The minimum absolute atomic E-state index is 0.0662.